The summed E-state index contributed by atoms with van der Waals surface area (Å²) in [4.78, 5) is 2.46. The molecule has 0 bridgehead atoms. The molecule has 1 aliphatic rings. The second kappa shape index (κ2) is 13.0. The monoisotopic (exact) mass is 729 g/mol. The van der Waals surface area contributed by atoms with E-state index in [9.17, 15) is 0 Å². The van der Waals surface area contributed by atoms with Crippen molar-refractivity contribution in [3.8, 4) is 44.5 Å². The Labute approximate surface area is 332 Å². The van der Waals surface area contributed by atoms with E-state index in [-0.39, 0.29) is 5.41 Å². The minimum atomic E-state index is -0.299. The van der Waals surface area contributed by atoms with Gasteiger partial charge in [0.15, 0.2) is 0 Å². The summed E-state index contributed by atoms with van der Waals surface area (Å²) in [5, 5.41) is 4.89. The van der Waals surface area contributed by atoms with Crippen LogP contribution in [0.25, 0.3) is 77.2 Å². The van der Waals surface area contributed by atoms with Crippen molar-refractivity contribution >= 4 is 49.8 Å². The van der Waals surface area contributed by atoms with Gasteiger partial charge in [0, 0.05) is 33.1 Å². The maximum Gasteiger partial charge on any atom is 0.143 e. The van der Waals surface area contributed by atoms with E-state index in [0.717, 1.165) is 44.4 Å². The normalized spacial score (nSPS) is 12.9. The van der Waals surface area contributed by atoms with Gasteiger partial charge in [-0.1, -0.05) is 178 Å². The van der Waals surface area contributed by atoms with Crippen LogP contribution in [0, 0.1) is 0 Å². The van der Waals surface area contributed by atoms with Gasteiger partial charge in [0.2, 0.25) is 0 Å². The van der Waals surface area contributed by atoms with Crippen LogP contribution in [-0.4, -0.2) is 0 Å². The van der Waals surface area contributed by atoms with Crippen LogP contribution < -0.4 is 4.90 Å². The van der Waals surface area contributed by atoms with E-state index >= 15 is 0 Å². The predicted octanol–water partition coefficient (Wildman–Crippen LogP) is 15.5. The molecule has 270 valence electrons. The summed E-state index contributed by atoms with van der Waals surface area (Å²) in [5.41, 5.74) is 17.2. The van der Waals surface area contributed by atoms with E-state index in [1.54, 1.807) is 0 Å². The third kappa shape index (κ3) is 5.25. The topological polar surface area (TPSA) is 16.4 Å². The molecule has 57 heavy (non-hydrogen) atoms. The van der Waals surface area contributed by atoms with Gasteiger partial charge < -0.3 is 9.32 Å². The fraction of sp³-hybridized carbons (Fsp3) is 0.0545. The summed E-state index contributed by atoms with van der Waals surface area (Å²) in [6, 6.07) is 72.6. The third-order valence-electron chi connectivity index (χ3n) is 12.1. The molecule has 9 aromatic carbocycles. The van der Waals surface area contributed by atoms with Crippen LogP contribution in [0.2, 0.25) is 0 Å². The first-order valence-corrected chi connectivity index (χ1v) is 19.8. The third-order valence-corrected chi connectivity index (χ3v) is 12.1. The highest BCUT2D eigenvalue weighted by Crippen LogP contribution is 2.56. The summed E-state index contributed by atoms with van der Waals surface area (Å²) >= 11 is 0. The number of benzene rings is 9. The summed E-state index contributed by atoms with van der Waals surface area (Å²) < 4.78 is 6.47. The SMILES string of the molecule is CC1(C)c2c(cccc2N(c2ccc(-c3ccccc3)cc2)c2ccc(-c3cccc4c3oc3ccccc34)cc2)-c2c(-c3ccccc3)ccc3cccc1c23. The van der Waals surface area contributed by atoms with Crippen molar-refractivity contribution in [2.24, 2.45) is 0 Å². The standard InChI is InChI=1S/C55H39NO/c1-55(2)48-23-11-18-40-30-35-43(38-16-7-4-8-17-38)52(51(40)48)47-22-13-24-49(53(47)55)56(41-31-26-37(27-32-41)36-14-5-3-6-15-36)42-33-28-39(29-34-42)44-20-12-21-46-45-19-9-10-25-50(45)57-54(44)46/h3-35H,1-2H3. The first kappa shape index (κ1) is 33.2. The molecule has 0 amide bonds. The molecule has 2 heteroatoms. The van der Waals surface area contributed by atoms with Crippen LogP contribution in [0.4, 0.5) is 17.1 Å². The Morgan fingerprint density at radius 1 is 0.421 bits per heavy atom. The lowest BCUT2D eigenvalue weighted by molar-refractivity contribution is 0.646. The zero-order valence-corrected chi connectivity index (χ0v) is 31.9. The number of hydrogen-bond acceptors (Lipinski definition) is 2. The second-order valence-corrected chi connectivity index (χ2v) is 15.7. The smallest absolute Gasteiger partial charge is 0.143 e. The van der Waals surface area contributed by atoms with Gasteiger partial charge in [0.1, 0.15) is 11.2 Å². The maximum absolute atomic E-state index is 6.47. The number of fused-ring (bicyclic) bond motifs is 5. The Hall–Kier alpha value is -7.16. The van der Waals surface area contributed by atoms with Crippen LogP contribution in [-0.2, 0) is 5.41 Å². The van der Waals surface area contributed by atoms with Crippen molar-refractivity contribution in [2.45, 2.75) is 19.3 Å². The second-order valence-electron chi connectivity index (χ2n) is 15.7. The zero-order chi connectivity index (χ0) is 38.1. The largest absolute Gasteiger partial charge is 0.455 e. The molecule has 0 N–H and O–H groups in total. The first-order chi connectivity index (χ1) is 28.0. The summed E-state index contributed by atoms with van der Waals surface area (Å²) in [5.74, 6) is 0. The molecule has 0 saturated heterocycles. The number of rotatable bonds is 6. The number of anilines is 3. The molecular weight excluding hydrogens is 691 g/mol. The van der Waals surface area contributed by atoms with Crippen molar-refractivity contribution < 1.29 is 4.42 Å². The molecule has 0 fully saturated rings. The van der Waals surface area contributed by atoms with Gasteiger partial charge in [-0.05, 0) is 97.2 Å². The molecule has 1 heterocycles. The van der Waals surface area contributed by atoms with Gasteiger partial charge in [-0.3, -0.25) is 0 Å². The molecule has 11 rings (SSSR count). The van der Waals surface area contributed by atoms with Crippen molar-refractivity contribution in [1.29, 1.82) is 0 Å². The van der Waals surface area contributed by atoms with Gasteiger partial charge >= 0.3 is 0 Å². The summed E-state index contributed by atoms with van der Waals surface area (Å²) in [6.45, 7) is 4.80. The molecule has 2 nitrogen and oxygen atoms in total. The minimum Gasteiger partial charge on any atom is -0.455 e. The molecule has 0 spiro atoms. The van der Waals surface area contributed by atoms with Crippen molar-refractivity contribution in [1.82, 2.24) is 0 Å². The Morgan fingerprint density at radius 3 is 1.75 bits per heavy atom. The van der Waals surface area contributed by atoms with Gasteiger partial charge in [-0.25, -0.2) is 0 Å². The Bertz CT molecular complexity index is 3120. The van der Waals surface area contributed by atoms with E-state index in [2.05, 4.69) is 207 Å². The first-order valence-electron chi connectivity index (χ1n) is 19.8. The van der Waals surface area contributed by atoms with Gasteiger partial charge in [-0.15, -0.1) is 0 Å². The maximum atomic E-state index is 6.47. The van der Waals surface area contributed by atoms with Crippen LogP contribution in [0.3, 0.4) is 0 Å². The Morgan fingerprint density at radius 2 is 1.00 bits per heavy atom. The van der Waals surface area contributed by atoms with Crippen molar-refractivity contribution in [3.05, 3.63) is 211 Å². The Balaban J connectivity index is 1.13. The van der Waals surface area contributed by atoms with Crippen LogP contribution >= 0.6 is 0 Å². The quantitative estimate of drug-likeness (QED) is 0.169. The fourth-order valence-corrected chi connectivity index (χ4v) is 9.39. The number of para-hydroxylation sites is 2. The molecule has 0 saturated carbocycles. The molecule has 0 aliphatic heterocycles. The zero-order valence-electron chi connectivity index (χ0n) is 31.9. The highest BCUT2D eigenvalue weighted by Gasteiger charge is 2.38. The lowest BCUT2D eigenvalue weighted by Crippen LogP contribution is -2.27. The lowest BCUT2D eigenvalue weighted by Gasteiger charge is -2.40. The van der Waals surface area contributed by atoms with Crippen LogP contribution in [0.5, 0.6) is 0 Å². The van der Waals surface area contributed by atoms with Crippen LogP contribution in [0.15, 0.2) is 205 Å². The average Bonchev–Trinajstić information content (AvgIpc) is 3.66. The van der Waals surface area contributed by atoms with E-state index in [0.29, 0.717) is 0 Å². The van der Waals surface area contributed by atoms with E-state index in [4.69, 9.17) is 4.42 Å². The fourth-order valence-electron chi connectivity index (χ4n) is 9.39. The highest BCUT2D eigenvalue weighted by molar-refractivity contribution is 6.11. The Kier molecular flexibility index (Phi) is 7.55. The van der Waals surface area contributed by atoms with Gasteiger partial charge in [0.05, 0.1) is 5.69 Å². The van der Waals surface area contributed by atoms with E-state index < -0.39 is 0 Å². The molecular formula is C55H39NO. The van der Waals surface area contributed by atoms with E-state index in [1.807, 2.05) is 12.1 Å². The molecule has 1 aromatic heterocycles. The number of nitrogens with zero attached hydrogens (tertiary/aromatic N) is 1. The summed E-state index contributed by atoms with van der Waals surface area (Å²) in [6.07, 6.45) is 0. The van der Waals surface area contributed by atoms with Gasteiger partial charge in [0.25, 0.3) is 0 Å². The molecule has 1 aliphatic carbocycles. The molecule has 10 aromatic rings. The minimum absolute atomic E-state index is 0.299. The predicted molar refractivity (Wildman–Crippen MR) is 240 cm³/mol. The lowest BCUT2D eigenvalue weighted by atomic mass is 9.66. The van der Waals surface area contributed by atoms with Crippen molar-refractivity contribution in [2.75, 3.05) is 4.90 Å². The highest BCUT2D eigenvalue weighted by atomic mass is 16.3. The summed E-state index contributed by atoms with van der Waals surface area (Å²) in [7, 11) is 0. The molecule has 0 radical (unpaired) electrons. The molecule has 0 unspecified atom stereocenters. The van der Waals surface area contributed by atoms with Crippen molar-refractivity contribution in [3.63, 3.8) is 0 Å². The van der Waals surface area contributed by atoms with Gasteiger partial charge in [-0.2, -0.15) is 0 Å². The average molecular weight is 730 g/mol. The van der Waals surface area contributed by atoms with E-state index in [1.165, 1.54) is 61.0 Å². The van der Waals surface area contributed by atoms with Crippen LogP contribution in [0.1, 0.15) is 25.0 Å². The molecule has 0 atom stereocenters. The number of hydrogen-bond donors (Lipinski definition) is 0. The number of furan rings is 1.